The molecule has 6 heteroatoms. The van der Waals surface area contributed by atoms with Crippen LogP contribution in [0.2, 0.25) is 0 Å². The molecule has 1 atom stereocenters. The predicted molar refractivity (Wildman–Crippen MR) is 49.8 cm³/mol. The smallest absolute Gasteiger partial charge is 0.328 e. The van der Waals surface area contributed by atoms with Crippen LogP contribution in [0.15, 0.2) is 0 Å². The molecule has 4 N–H and O–H groups in total. The van der Waals surface area contributed by atoms with Gasteiger partial charge in [0.1, 0.15) is 6.04 Å². The lowest BCUT2D eigenvalue weighted by Crippen LogP contribution is -2.47. The Morgan fingerprint density at radius 1 is 1.36 bits per heavy atom. The van der Waals surface area contributed by atoms with Crippen molar-refractivity contribution in [2.75, 3.05) is 13.2 Å². The number of hydrogen-bond acceptors (Lipinski definition) is 4. The minimum absolute atomic E-state index is 0.0431. The van der Waals surface area contributed by atoms with Gasteiger partial charge in [-0.25, -0.2) is 4.79 Å². The molecule has 0 radical (unpaired) electrons. The number of carbonyl (C=O) groups is 2. The Balaban J connectivity index is 3.85. The van der Waals surface area contributed by atoms with E-state index < -0.39 is 24.5 Å². The summed E-state index contributed by atoms with van der Waals surface area (Å²) < 4.78 is 0. The normalized spacial score (nSPS) is 12.6. The van der Waals surface area contributed by atoms with Gasteiger partial charge < -0.3 is 20.8 Å². The summed E-state index contributed by atoms with van der Waals surface area (Å²) in [6.45, 7) is 3.17. The number of carboxylic acids is 1. The van der Waals surface area contributed by atoms with E-state index in [0.29, 0.717) is 0 Å². The van der Waals surface area contributed by atoms with Crippen LogP contribution in [0.4, 0.5) is 0 Å². The number of rotatable bonds is 6. The lowest BCUT2D eigenvalue weighted by molar-refractivity contribution is -0.142. The molecular weight excluding hydrogens is 188 g/mol. The van der Waals surface area contributed by atoms with Gasteiger partial charge in [0.2, 0.25) is 5.91 Å². The Morgan fingerprint density at radius 2 is 1.93 bits per heavy atom. The Morgan fingerprint density at radius 3 is 2.29 bits per heavy atom. The third-order valence-electron chi connectivity index (χ3n) is 1.49. The van der Waals surface area contributed by atoms with Gasteiger partial charge in [-0.15, -0.1) is 0 Å². The minimum Gasteiger partial charge on any atom is -0.480 e. The number of aliphatic hydroxyl groups excluding tert-OH is 1. The van der Waals surface area contributed by atoms with E-state index in [1.165, 1.54) is 0 Å². The van der Waals surface area contributed by atoms with Crippen molar-refractivity contribution >= 4 is 11.9 Å². The van der Waals surface area contributed by atoms with Crippen molar-refractivity contribution in [2.45, 2.75) is 25.9 Å². The number of carbonyl (C=O) groups excluding carboxylic acids is 1. The first-order valence-corrected chi connectivity index (χ1v) is 4.33. The summed E-state index contributed by atoms with van der Waals surface area (Å²) >= 11 is 0. The van der Waals surface area contributed by atoms with Crippen LogP contribution in [0, 0.1) is 0 Å². The summed E-state index contributed by atoms with van der Waals surface area (Å²) in [5, 5.41) is 22.1. The summed E-state index contributed by atoms with van der Waals surface area (Å²) in [6, 6.07) is -1.07. The zero-order valence-corrected chi connectivity index (χ0v) is 8.28. The highest BCUT2D eigenvalue weighted by Crippen LogP contribution is 1.82. The van der Waals surface area contributed by atoms with E-state index >= 15 is 0 Å². The maximum atomic E-state index is 11.1. The van der Waals surface area contributed by atoms with Crippen molar-refractivity contribution in [3.05, 3.63) is 0 Å². The molecule has 0 aromatic rings. The summed E-state index contributed by atoms with van der Waals surface area (Å²) in [7, 11) is 0. The van der Waals surface area contributed by atoms with Gasteiger partial charge in [0.15, 0.2) is 0 Å². The molecule has 0 fully saturated rings. The number of aliphatic hydroxyl groups is 1. The molecule has 1 unspecified atom stereocenters. The van der Waals surface area contributed by atoms with Crippen LogP contribution in [-0.2, 0) is 9.59 Å². The fraction of sp³-hybridized carbons (Fsp3) is 0.750. The second-order valence-electron chi connectivity index (χ2n) is 3.18. The van der Waals surface area contributed by atoms with E-state index in [1.807, 2.05) is 13.8 Å². The van der Waals surface area contributed by atoms with Gasteiger partial charge in [-0.2, -0.15) is 0 Å². The van der Waals surface area contributed by atoms with Crippen molar-refractivity contribution in [2.24, 2.45) is 0 Å². The highest BCUT2D eigenvalue weighted by atomic mass is 16.4. The van der Waals surface area contributed by atoms with E-state index in [9.17, 15) is 9.59 Å². The first-order chi connectivity index (χ1) is 6.47. The van der Waals surface area contributed by atoms with E-state index in [1.54, 1.807) is 0 Å². The molecule has 0 bridgehead atoms. The van der Waals surface area contributed by atoms with Crippen molar-refractivity contribution < 1.29 is 19.8 Å². The molecule has 6 nitrogen and oxygen atoms in total. The topological polar surface area (TPSA) is 98.7 Å². The highest BCUT2D eigenvalue weighted by molar-refractivity contribution is 5.84. The number of amides is 1. The van der Waals surface area contributed by atoms with Crippen molar-refractivity contribution in [1.82, 2.24) is 10.6 Å². The summed E-state index contributed by atoms with van der Waals surface area (Å²) in [5.74, 6) is -1.69. The summed E-state index contributed by atoms with van der Waals surface area (Å²) in [4.78, 5) is 21.5. The first-order valence-electron chi connectivity index (χ1n) is 4.33. The number of hydrogen-bond donors (Lipinski definition) is 4. The van der Waals surface area contributed by atoms with Gasteiger partial charge in [-0.05, 0) is 0 Å². The molecule has 0 heterocycles. The zero-order valence-electron chi connectivity index (χ0n) is 8.28. The van der Waals surface area contributed by atoms with Crippen LogP contribution in [0.25, 0.3) is 0 Å². The molecular formula is C8H16N2O4. The molecule has 0 rings (SSSR count). The van der Waals surface area contributed by atoms with Gasteiger partial charge in [-0.1, -0.05) is 13.8 Å². The van der Waals surface area contributed by atoms with Gasteiger partial charge in [0.05, 0.1) is 13.2 Å². The lowest BCUT2D eigenvalue weighted by Gasteiger charge is -2.13. The van der Waals surface area contributed by atoms with E-state index in [-0.39, 0.29) is 12.6 Å². The first kappa shape index (κ1) is 12.9. The third kappa shape index (κ3) is 5.50. The standard InChI is InChI=1S/C8H16N2O4/c1-5(2)9-3-7(12)10-6(4-11)8(13)14/h5-6,9,11H,3-4H2,1-2H3,(H,10,12)(H,13,14). The van der Waals surface area contributed by atoms with Gasteiger partial charge in [0, 0.05) is 6.04 Å². The van der Waals surface area contributed by atoms with E-state index in [4.69, 9.17) is 10.2 Å². The van der Waals surface area contributed by atoms with Crippen LogP contribution in [0.1, 0.15) is 13.8 Å². The highest BCUT2D eigenvalue weighted by Gasteiger charge is 2.18. The Labute approximate surface area is 82.3 Å². The van der Waals surface area contributed by atoms with Gasteiger partial charge >= 0.3 is 5.97 Å². The Kier molecular flexibility index (Phi) is 5.82. The quantitative estimate of drug-likeness (QED) is 0.424. The summed E-state index contributed by atoms with van der Waals surface area (Å²) in [5.41, 5.74) is 0. The zero-order chi connectivity index (χ0) is 11.1. The maximum Gasteiger partial charge on any atom is 0.328 e. The molecule has 0 aromatic carbocycles. The van der Waals surface area contributed by atoms with Crippen LogP contribution >= 0.6 is 0 Å². The number of nitrogens with one attached hydrogen (secondary N) is 2. The van der Waals surface area contributed by atoms with Gasteiger partial charge in [-0.3, -0.25) is 4.79 Å². The fourth-order valence-corrected chi connectivity index (χ4v) is 0.728. The van der Waals surface area contributed by atoms with Crippen LogP contribution in [0.3, 0.4) is 0 Å². The van der Waals surface area contributed by atoms with Crippen LogP contribution in [0.5, 0.6) is 0 Å². The molecule has 14 heavy (non-hydrogen) atoms. The fourth-order valence-electron chi connectivity index (χ4n) is 0.728. The monoisotopic (exact) mass is 204 g/mol. The SMILES string of the molecule is CC(C)NCC(=O)NC(CO)C(=O)O. The van der Waals surface area contributed by atoms with Gasteiger partial charge in [0.25, 0.3) is 0 Å². The molecule has 82 valence electrons. The second-order valence-corrected chi connectivity index (χ2v) is 3.18. The van der Waals surface area contributed by atoms with Crippen molar-refractivity contribution in [3.63, 3.8) is 0 Å². The minimum atomic E-state index is -1.25. The molecule has 1 amide bonds. The van der Waals surface area contributed by atoms with E-state index in [2.05, 4.69) is 10.6 Å². The molecule has 0 saturated carbocycles. The Bertz CT molecular complexity index is 206. The average molecular weight is 204 g/mol. The second kappa shape index (κ2) is 6.33. The molecule has 0 saturated heterocycles. The largest absolute Gasteiger partial charge is 0.480 e. The molecule has 0 aliphatic heterocycles. The average Bonchev–Trinajstić information content (AvgIpc) is 2.10. The molecule has 0 aliphatic carbocycles. The number of aliphatic carboxylic acids is 1. The van der Waals surface area contributed by atoms with Crippen LogP contribution < -0.4 is 10.6 Å². The molecule has 0 aliphatic rings. The summed E-state index contributed by atoms with van der Waals surface area (Å²) in [6.07, 6.45) is 0. The number of carboxylic acid groups (broad SMARTS) is 1. The predicted octanol–water partition coefficient (Wildman–Crippen LogP) is -1.45. The maximum absolute atomic E-state index is 11.1. The molecule has 0 aromatic heterocycles. The van der Waals surface area contributed by atoms with Crippen molar-refractivity contribution in [1.29, 1.82) is 0 Å². The van der Waals surface area contributed by atoms with Crippen LogP contribution in [-0.4, -0.2) is 47.3 Å². The van der Waals surface area contributed by atoms with Crippen molar-refractivity contribution in [3.8, 4) is 0 Å². The lowest BCUT2D eigenvalue weighted by atomic mass is 10.3. The third-order valence-corrected chi connectivity index (χ3v) is 1.49. The molecule has 0 spiro atoms. The van der Waals surface area contributed by atoms with E-state index in [0.717, 1.165) is 0 Å². The Hall–Kier alpha value is -1.14.